The van der Waals surface area contributed by atoms with Crippen LogP contribution in [0, 0.1) is 5.92 Å². The number of benzene rings is 2. The lowest BCUT2D eigenvalue weighted by Crippen LogP contribution is -2.41. The third-order valence-electron chi connectivity index (χ3n) is 7.84. The molecule has 0 bridgehead atoms. The van der Waals surface area contributed by atoms with E-state index in [-0.39, 0.29) is 36.9 Å². The van der Waals surface area contributed by atoms with Gasteiger partial charge in [-0.25, -0.2) is 4.79 Å². The molecule has 2 saturated heterocycles. The van der Waals surface area contributed by atoms with Crippen molar-refractivity contribution in [2.45, 2.75) is 31.7 Å². The Morgan fingerprint density at radius 3 is 2.62 bits per heavy atom. The third-order valence-corrected chi connectivity index (χ3v) is 7.84. The molecule has 210 valence electrons. The lowest BCUT2D eigenvalue weighted by Gasteiger charge is -2.25. The molecule has 12 heteroatoms. The van der Waals surface area contributed by atoms with Crippen LogP contribution in [0.3, 0.4) is 0 Å². The van der Waals surface area contributed by atoms with E-state index in [1.807, 2.05) is 18.2 Å². The number of ether oxygens (including phenoxy) is 1. The number of hydrogen-bond donors (Lipinski definition) is 1. The highest BCUT2D eigenvalue weighted by Crippen LogP contribution is 2.34. The number of halogens is 3. The van der Waals surface area contributed by atoms with Crippen molar-refractivity contribution in [3.05, 3.63) is 86.6 Å². The highest BCUT2D eigenvalue weighted by Gasteiger charge is 2.40. The van der Waals surface area contributed by atoms with Crippen LogP contribution in [0.1, 0.15) is 17.5 Å². The molecule has 2 aromatic heterocycles. The Morgan fingerprint density at radius 2 is 1.85 bits per heavy atom. The highest BCUT2D eigenvalue weighted by atomic mass is 19.4. The molecule has 0 aliphatic carbocycles. The number of hydrogen-bond acceptors (Lipinski definition) is 6. The lowest BCUT2D eigenvalue weighted by atomic mass is 10.1. The smallest absolute Gasteiger partial charge is 0.416 e. The number of fused-ring (bicyclic) bond motifs is 2. The molecule has 0 spiro atoms. The molecule has 1 N–H and O–H groups in total. The first kappa shape index (κ1) is 26.2. The third kappa shape index (κ3) is 4.66. The molecule has 0 radical (unpaired) electrons. The van der Waals surface area contributed by atoms with E-state index in [1.54, 1.807) is 29.8 Å². The van der Waals surface area contributed by atoms with Gasteiger partial charge in [0.15, 0.2) is 11.2 Å². The van der Waals surface area contributed by atoms with Crippen molar-refractivity contribution in [2.75, 3.05) is 31.1 Å². The summed E-state index contributed by atoms with van der Waals surface area (Å²) in [5.41, 5.74) is -1.11. The van der Waals surface area contributed by atoms with Crippen molar-refractivity contribution in [2.24, 2.45) is 13.0 Å². The maximum atomic E-state index is 13.9. The van der Waals surface area contributed by atoms with Crippen molar-refractivity contribution < 1.29 is 17.9 Å². The minimum atomic E-state index is -4.50. The summed E-state index contributed by atoms with van der Waals surface area (Å²) in [5.74, 6) is 1.51. The van der Waals surface area contributed by atoms with Crippen LogP contribution < -0.4 is 26.2 Å². The summed E-state index contributed by atoms with van der Waals surface area (Å²) in [4.78, 5) is 34.0. The van der Waals surface area contributed by atoms with E-state index >= 15 is 0 Å². The van der Waals surface area contributed by atoms with Gasteiger partial charge in [-0.1, -0.05) is 30.3 Å². The van der Waals surface area contributed by atoms with Gasteiger partial charge >= 0.3 is 11.9 Å². The number of nitrogens with one attached hydrogen (secondary N) is 1. The van der Waals surface area contributed by atoms with Gasteiger partial charge in [-0.05, 0) is 42.2 Å². The van der Waals surface area contributed by atoms with Crippen LogP contribution in [0.5, 0.6) is 5.75 Å². The van der Waals surface area contributed by atoms with E-state index < -0.39 is 23.0 Å². The van der Waals surface area contributed by atoms with Gasteiger partial charge in [0.05, 0.1) is 18.7 Å². The molecule has 2 aliphatic rings. The number of aryl methyl sites for hydroxylation is 1. The van der Waals surface area contributed by atoms with Crippen molar-refractivity contribution in [1.82, 2.24) is 24.0 Å². The molecule has 0 amide bonds. The van der Waals surface area contributed by atoms with E-state index in [0.717, 1.165) is 36.2 Å². The molecule has 2 unspecified atom stereocenters. The predicted octanol–water partition coefficient (Wildman–Crippen LogP) is 2.84. The molecule has 0 saturated carbocycles. The van der Waals surface area contributed by atoms with Crippen LogP contribution >= 0.6 is 0 Å². The normalized spacial score (nSPS) is 18.9. The number of alkyl halides is 3. The minimum Gasteiger partial charge on any atom is -0.492 e. The first-order valence-corrected chi connectivity index (χ1v) is 13.2. The number of aromatic nitrogens is 4. The number of nitrogens with zero attached hydrogens (tertiary/aromatic N) is 5. The monoisotopic (exact) mass is 554 g/mol. The van der Waals surface area contributed by atoms with Crippen LogP contribution in [0.2, 0.25) is 0 Å². The summed E-state index contributed by atoms with van der Waals surface area (Å²) >= 11 is 0. The van der Waals surface area contributed by atoms with Crippen LogP contribution in [0.4, 0.5) is 19.1 Å². The van der Waals surface area contributed by atoms with Crippen molar-refractivity contribution in [1.29, 1.82) is 0 Å². The van der Waals surface area contributed by atoms with E-state index in [4.69, 9.17) is 9.72 Å². The molecule has 2 atom stereocenters. The topological polar surface area (TPSA) is 86.3 Å². The van der Waals surface area contributed by atoms with Crippen molar-refractivity contribution >= 4 is 17.1 Å². The van der Waals surface area contributed by atoms with E-state index in [2.05, 4.69) is 10.2 Å². The summed E-state index contributed by atoms with van der Waals surface area (Å²) in [6.45, 7) is 2.40. The van der Waals surface area contributed by atoms with Crippen LogP contribution in [0.25, 0.3) is 11.2 Å². The summed E-state index contributed by atoms with van der Waals surface area (Å²) in [7, 11) is 1.55. The second-order valence-electron chi connectivity index (χ2n) is 10.3. The number of para-hydroxylation sites is 1. The maximum absolute atomic E-state index is 13.9. The zero-order valence-corrected chi connectivity index (χ0v) is 21.9. The molecule has 9 nitrogen and oxygen atoms in total. The summed E-state index contributed by atoms with van der Waals surface area (Å²) < 4.78 is 50.3. The molecule has 2 aliphatic heterocycles. The second-order valence-corrected chi connectivity index (χ2v) is 10.3. The Hall–Kier alpha value is -4.06. The van der Waals surface area contributed by atoms with Crippen molar-refractivity contribution in [3.8, 4) is 5.75 Å². The average molecular weight is 555 g/mol. The van der Waals surface area contributed by atoms with Crippen LogP contribution in [-0.4, -0.2) is 51.0 Å². The zero-order valence-electron chi connectivity index (χ0n) is 21.9. The molecular weight excluding hydrogens is 525 g/mol. The number of anilines is 1. The zero-order chi connectivity index (χ0) is 28.0. The van der Waals surface area contributed by atoms with Gasteiger partial charge in [-0.2, -0.15) is 18.2 Å². The van der Waals surface area contributed by atoms with E-state index in [1.165, 1.54) is 10.6 Å². The average Bonchev–Trinajstić information content (AvgIpc) is 3.65. The molecule has 4 heterocycles. The number of rotatable bonds is 7. The quantitative estimate of drug-likeness (QED) is 0.378. The Morgan fingerprint density at radius 1 is 1.05 bits per heavy atom. The van der Waals surface area contributed by atoms with Gasteiger partial charge in [0.1, 0.15) is 12.4 Å². The maximum Gasteiger partial charge on any atom is 0.416 e. The molecule has 2 fully saturated rings. The minimum absolute atomic E-state index is 0.00124. The largest absolute Gasteiger partial charge is 0.492 e. The van der Waals surface area contributed by atoms with E-state index in [0.29, 0.717) is 29.7 Å². The fraction of sp³-hybridized carbons (Fsp3) is 0.393. The molecule has 40 heavy (non-hydrogen) atoms. The SMILES string of the molecule is Cn1c(=O)n(CCOc2ccccc2)c(=O)c2c1nc(N1CCC3CNCC31)n2Cc1cccc(C(F)(F)F)c1. The predicted molar refractivity (Wildman–Crippen MR) is 144 cm³/mol. The van der Waals surface area contributed by atoms with Gasteiger partial charge in [-0.15, -0.1) is 0 Å². The molecule has 4 aromatic rings. The molecule has 6 rings (SSSR count). The Balaban J connectivity index is 1.45. The molecular formula is C28H29F3N6O3. The molecule has 2 aromatic carbocycles. The Kier molecular flexibility index (Phi) is 6.65. The Labute approximate surface area is 227 Å². The first-order valence-electron chi connectivity index (χ1n) is 13.2. The highest BCUT2D eigenvalue weighted by molar-refractivity contribution is 5.75. The summed E-state index contributed by atoms with van der Waals surface area (Å²) in [6.07, 6.45) is -3.56. The lowest BCUT2D eigenvalue weighted by molar-refractivity contribution is -0.137. The van der Waals surface area contributed by atoms with Gasteiger partial charge in [-0.3, -0.25) is 18.5 Å². The van der Waals surface area contributed by atoms with Crippen LogP contribution in [0.15, 0.2) is 64.2 Å². The second kappa shape index (κ2) is 10.2. The fourth-order valence-electron chi connectivity index (χ4n) is 5.82. The van der Waals surface area contributed by atoms with Gasteiger partial charge in [0, 0.05) is 32.7 Å². The summed E-state index contributed by atoms with van der Waals surface area (Å²) in [5, 5.41) is 3.39. The van der Waals surface area contributed by atoms with Crippen molar-refractivity contribution in [3.63, 3.8) is 0 Å². The first-order chi connectivity index (χ1) is 19.2. The van der Waals surface area contributed by atoms with Gasteiger partial charge < -0.3 is 15.0 Å². The number of imidazole rings is 1. The fourth-order valence-corrected chi connectivity index (χ4v) is 5.82. The van der Waals surface area contributed by atoms with Gasteiger partial charge in [0.2, 0.25) is 5.95 Å². The summed E-state index contributed by atoms with van der Waals surface area (Å²) in [6, 6.07) is 14.3. The van der Waals surface area contributed by atoms with Gasteiger partial charge in [0.25, 0.3) is 5.56 Å². The standard InChI is InChI=1S/C28H29F3N6O3/c1-34-24-23(25(38)36(27(34)39)12-13-40-21-8-3-2-4-9-21)37(17-18-6-5-7-20(14-18)28(29,30)31)26(33-24)35-11-10-19-15-32-16-22(19)35/h2-9,14,19,22,32H,10-13,15-17H2,1H3. The van der Waals surface area contributed by atoms with Crippen LogP contribution in [-0.2, 0) is 26.3 Å². The Bertz CT molecular complexity index is 1660. The van der Waals surface area contributed by atoms with E-state index in [9.17, 15) is 22.8 Å².